The van der Waals surface area contributed by atoms with Crippen molar-refractivity contribution in [1.29, 1.82) is 0 Å². The van der Waals surface area contributed by atoms with Gasteiger partial charge in [0.1, 0.15) is 0 Å². The number of para-hydroxylation sites is 1. The van der Waals surface area contributed by atoms with Gasteiger partial charge < -0.3 is 15.1 Å². The molecule has 0 radical (unpaired) electrons. The van der Waals surface area contributed by atoms with Gasteiger partial charge in [0, 0.05) is 50.2 Å². The van der Waals surface area contributed by atoms with E-state index in [1.54, 1.807) is 18.0 Å². The molecule has 1 heterocycles. The van der Waals surface area contributed by atoms with Gasteiger partial charge in [0.15, 0.2) is 0 Å². The molecular formula is C20H29N3O2. The minimum Gasteiger partial charge on any atom is -0.381 e. The highest BCUT2D eigenvalue weighted by atomic mass is 16.2. The summed E-state index contributed by atoms with van der Waals surface area (Å²) in [4.78, 5) is 28.7. The summed E-state index contributed by atoms with van der Waals surface area (Å²) in [6.45, 7) is 11.7. The Bertz CT molecular complexity index is 649. The lowest BCUT2D eigenvalue weighted by Crippen LogP contribution is -2.43. The van der Waals surface area contributed by atoms with E-state index in [0.717, 1.165) is 5.69 Å². The van der Waals surface area contributed by atoms with Crippen LogP contribution in [0.5, 0.6) is 0 Å². The number of carbonyl (C=O) groups is 2. The summed E-state index contributed by atoms with van der Waals surface area (Å²) in [5, 5.41) is 3.20. The molecule has 1 aliphatic heterocycles. The van der Waals surface area contributed by atoms with Crippen LogP contribution in [0.3, 0.4) is 0 Å². The zero-order valence-corrected chi connectivity index (χ0v) is 15.7. The van der Waals surface area contributed by atoms with E-state index in [4.69, 9.17) is 0 Å². The number of carbonyl (C=O) groups excluding carboxylic acids is 2. The Morgan fingerprint density at radius 3 is 2.68 bits per heavy atom. The molecule has 0 spiro atoms. The van der Waals surface area contributed by atoms with Crippen LogP contribution in [0.4, 0.5) is 5.69 Å². The van der Waals surface area contributed by atoms with Gasteiger partial charge in [0.25, 0.3) is 5.91 Å². The van der Waals surface area contributed by atoms with E-state index in [1.807, 2.05) is 49.9 Å². The second-order valence-corrected chi connectivity index (χ2v) is 7.65. The van der Waals surface area contributed by atoms with Crippen molar-refractivity contribution in [2.24, 2.45) is 5.92 Å². The lowest BCUT2D eigenvalue weighted by molar-refractivity contribution is -0.131. The predicted molar refractivity (Wildman–Crippen MR) is 102 cm³/mol. The summed E-state index contributed by atoms with van der Waals surface area (Å²) in [5.41, 5.74) is 1.28. The number of hydrogen-bond acceptors (Lipinski definition) is 3. The van der Waals surface area contributed by atoms with E-state index in [1.165, 1.54) is 0 Å². The third kappa shape index (κ3) is 4.62. The fourth-order valence-electron chi connectivity index (χ4n) is 3.23. The number of rotatable bonds is 6. The highest BCUT2D eigenvalue weighted by molar-refractivity contribution is 5.99. The zero-order valence-electron chi connectivity index (χ0n) is 15.7. The van der Waals surface area contributed by atoms with Gasteiger partial charge in [-0.05, 0) is 32.9 Å². The maximum Gasteiger partial charge on any atom is 0.255 e. The van der Waals surface area contributed by atoms with Gasteiger partial charge >= 0.3 is 0 Å². The molecule has 0 aliphatic carbocycles. The molecule has 2 rings (SSSR count). The first-order valence-corrected chi connectivity index (χ1v) is 8.73. The maximum atomic E-state index is 12.8. The SMILES string of the molecule is C=CCNc1ccccc1C(=O)N(C)C[C@@H]1CC(=O)N(C(C)(C)C)C1. The van der Waals surface area contributed by atoms with Crippen LogP contribution in [0.15, 0.2) is 36.9 Å². The molecule has 5 heteroatoms. The Morgan fingerprint density at radius 2 is 2.08 bits per heavy atom. The van der Waals surface area contributed by atoms with Crippen LogP contribution >= 0.6 is 0 Å². The number of likely N-dealkylation sites (tertiary alicyclic amines) is 1. The quantitative estimate of drug-likeness (QED) is 0.808. The molecule has 136 valence electrons. The summed E-state index contributed by atoms with van der Waals surface area (Å²) in [6, 6.07) is 7.48. The minimum atomic E-state index is -0.171. The van der Waals surface area contributed by atoms with Crippen LogP contribution in [0.2, 0.25) is 0 Å². The van der Waals surface area contributed by atoms with Crippen molar-refractivity contribution in [2.45, 2.75) is 32.7 Å². The van der Waals surface area contributed by atoms with Crippen LogP contribution in [0.1, 0.15) is 37.6 Å². The third-order valence-electron chi connectivity index (χ3n) is 4.49. The van der Waals surface area contributed by atoms with Gasteiger partial charge in [0.2, 0.25) is 5.91 Å². The molecule has 1 saturated heterocycles. The molecule has 0 unspecified atom stereocenters. The van der Waals surface area contributed by atoms with Crippen molar-refractivity contribution < 1.29 is 9.59 Å². The molecule has 1 aromatic rings. The first-order valence-electron chi connectivity index (χ1n) is 8.73. The van der Waals surface area contributed by atoms with E-state index in [2.05, 4.69) is 11.9 Å². The third-order valence-corrected chi connectivity index (χ3v) is 4.49. The van der Waals surface area contributed by atoms with E-state index in [0.29, 0.717) is 31.6 Å². The summed E-state index contributed by atoms with van der Waals surface area (Å²) in [7, 11) is 1.80. The van der Waals surface area contributed by atoms with E-state index >= 15 is 0 Å². The molecular weight excluding hydrogens is 314 g/mol. The monoisotopic (exact) mass is 343 g/mol. The van der Waals surface area contributed by atoms with Crippen molar-refractivity contribution in [3.05, 3.63) is 42.5 Å². The normalized spacial score (nSPS) is 17.5. The highest BCUT2D eigenvalue weighted by Gasteiger charge is 2.37. The fraction of sp³-hybridized carbons (Fsp3) is 0.500. The van der Waals surface area contributed by atoms with Gasteiger partial charge in [-0.3, -0.25) is 9.59 Å². The molecule has 0 bridgehead atoms. The number of amides is 2. The predicted octanol–water partition coefficient (Wildman–Crippen LogP) is 3.00. The van der Waals surface area contributed by atoms with Crippen LogP contribution in [0, 0.1) is 5.92 Å². The van der Waals surface area contributed by atoms with Gasteiger partial charge in [-0.2, -0.15) is 0 Å². The zero-order chi connectivity index (χ0) is 18.6. The smallest absolute Gasteiger partial charge is 0.255 e. The van der Waals surface area contributed by atoms with E-state index < -0.39 is 0 Å². The Hall–Kier alpha value is -2.30. The van der Waals surface area contributed by atoms with Crippen molar-refractivity contribution in [1.82, 2.24) is 9.80 Å². The largest absolute Gasteiger partial charge is 0.381 e. The van der Waals surface area contributed by atoms with Gasteiger partial charge in [-0.15, -0.1) is 6.58 Å². The number of benzene rings is 1. The number of anilines is 1. The standard InChI is InChI=1S/C20H29N3O2/c1-6-11-21-17-10-8-7-9-16(17)19(25)22(5)13-15-12-18(24)23(14-15)20(2,3)4/h6-10,15,21H,1,11-14H2,2-5H3/t15-/m0/s1. The molecule has 1 fully saturated rings. The first-order chi connectivity index (χ1) is 11.7. The van der Waals surface area contributed by atoms with Gasteiger partial charge in [-0.25, -0.2) is 0 Å². The Labute approximate surface area is 150 Å². The lowest BCUT2D eigenvalue weighted by Gasteiger charge is -2.32. The van der Waals surface area contributed by atoms with Crippen molar-refractivity contribution >= 4 is 17.5 Å². The fourth-order valence-corrected chi connectivity index (χ4v) is 3.23. The maximum absolute atomic E-state index is 12.8. The van der Waals surface area contributed by atoms with Gasteiger partial charge in [0.05, 0.1) is 5.56 Å². The Morgan fingerprint density at radius 1 is 1.40 bits per heavy atom. The molecule has 0 aromatic heterocycles. The van der Waals surface area contributed by atoms with E-state index in [-0.39, 0.29) is 23.3 Å². The Kier molecular flexibility index (Phi) is 5.88. The number of nitrogens with one attached hydrogen (secondary N) is 1. The van der Waals surface area contributed by atoms with Crippen LogP contribution in [-0.2, 0) is 4.79 Å². The number of hydrogen-bond donors (Lipinski definition) is 1. The highest BCUT2D eigenvalue weighted by Crippen LogP contribution is 2.27. The second-order valence-electron chi connectivity index (χ2n) is 7.65. The summed E-state index contributed by atoms with van der Waals surface area (Å²) in [5.74, 6) is 0.314. The molecule has 1 atom stereocenters. The molecule has 2 amide bonds. The minimum absolute atomic E-state index is 0.0335. The molecule has 1 aliphatic rings. The first kappa shape index (κ1) is 19.0. The van der Waals surface area contributed by atoms with Gasteiger partial charge in [-0.1, -0.05) is 18.2 Å². The molecule has 0 saturated carbocycles. The Balaban J connectivity index is 2.04. The molecule has 1 aromatic carbocycles. The van der Waals surface area contributed by atoms with Crippen LogP contribution < -0.4 is 5.32 Å². The van der Waals surface area contributed by atoms with E-state index in [9.17, 15) is 9.59 Å². The van der Waals surface area contributed by atoms with Crippen LogP contribution in [0.25, 0.3) is 0 Å². The second kappa shape index (κ2) is 7.72. The molecule has 25 heavy (non-hydrogen) atoms. The summed E-state index contributed by atoms with van der Waals surface area (Å²) < 4.78 is 0. The summed E-state index contributed by atoms with van der Waals surface area (Å²) >= 11 is 0. The molecule has 1 N–H and O–H groups in total. The topological polar surface area (TPSA) is 52.7 Å². The average Bonchev–Trinajstić information content (AvgIpc) is 2.93. The summed E-state index contributed by atoms with van der Waals surface area (Å²) in [6.07, 6.45) is 2.27. The molecule has 5 nitrogen and oxygen atoms in total. The van der Waals surface area contributed by atoms with Crippen molar-refractivity contribution in [2.75, 3.05) is 32.0 Å². The number of nitrogens with zero attached hydrogens (tertiary/aromatic N) is 2. The van der Waals surface area contributed by atoms with Crippen molar-refractivity contribution in [3.8, 4) is 0 Å². The average molecular weight is 343 g/mol. The van der Waals surface area contributed by atoms with Crippen LogP contribution in [-0.4, -0.2) is 53.8 Å². The lowest BCUT2D eigenvalue weighted by atomic mass is 10.1. The van der Waals surface area contributed by atoms with Crippen molar-refractivity contribution in [3.63, 3.8) is 0 Å².